The molecule has 0 radical (unpaired) electrons. The number of hydrogen-bond acceptors (Lipinski definition) is 5. The number of furan rings is 1. The van der Waals surface area contributed by atoms with E-state index in [0.29, 0.717) is 17.9 Å². The van der Waals surface area contributed by atoms with Gasteiger partial charge in [-0.05, 0) is 29.8 Å². The van der Waals surface area contributed by atoms with Crippen molar-refractivity contribution in [1.82, 2.24) is 15.0 Å². The molecule has 5 heteroatoms. The maximum absolute atomic E-state index is 5.97. The van der Waals surface area contributed by atoms with Crippen LogP contribution >= 0.6 is 0 Å². The summed E-state index contributed by atoms with van der Waals surface area (Å²) in [7, 11) is 0. The predicted octanol–water partition coefficient (Wildman–Crippen LogP) is 3.97. The molecule has 5 nitrogen and oxygen atoms in total. The molecular weight excluding hydrogens is 312 g/mol. The van der Waals surface area contributed by atoms with Crippen molar-refractivity contribution in [3.05, 3.63) is 84.3 Å². The Morgan fingerprint density at radius 1 is 0.840 bits per heavy atom. The highest BCUT2D eigenvalue weighted by Crippen LogP contribution is 2.31. The van der Waals surface area contributed by atoms with Crippen LogP contribution in [0.3, 0.4) is 0 Å². The van der Waals surface area contributed by atoms with Gasteiger partial charge in [-0.1, -0.05) is 36.4 Å². The molecular formula is C20H16N4O. The molecule has 0 aliphatic heterocycles. The zero-order valence-corrected chi connectivity index (χ0v) is 13.5. The number of hydrogen-bond donors (Lipinski definition) is 1. The van der Waals surface area contributed by atoms with E-state index < -0.39 is 0 Å². The predicted molar refractivity (Wildman–Crippen MR) is 96.6 cm³/mol. The van der Waals surface area contributed by atoms with Crippen molar-refractivity contribution in [2.24, 2.45) is 0 Å². The molecule has 0 saturated heterocycles. The van der Waals surface area contributed by atoms with Gasteiger partial charge in [0, 0.05) is 18.2 Å². The Hall–Kier alpha value is -3.47. The van der Waals surface area contributed by atoms with Gasteiger partial charge in [-0.25, -0.2) is 9.97 Å². The molecule has 0 amide bonds. The Bertz CT molecular complexity index is 968. The zero-order chi connectivity index (χ0) is 17.1. The van der Waals surface area contributed by atoms with E-state index in [-0.39, 0.29) is 5.95 Å². The molecule has 0 spiro atoms. The molecule has 2 N–H and O–H groups in total. The summed E-state index contributed by atoms with van der Waals surface area (Å²) in [6.07, 6.45) is 4.02. The molecule has 0 saturated carbocycles. The summed E-state index contributed by atoms with van der Waals surface area (Å²) in [5.74, 6) is 0.862. The quantitative estimate of drug-likeness (QED) is 0.613. The number of nitrogens with two attached hydrogens (primary N) is 1. The van der Waals surface area contributed by atoms with Crippen LogP contribution in [0.2, 0.25) is 0 Å². The fraction of sp³-hybridized carbons (Fsp3) is 0.0500. The highest BCUT2D eigenvalue weighted by molar-refractivity contribution is 5.71. The summed E-state index contributed by atoms with van der Waals surface area (Å²) >= 11 is 0. The summed E-state index contributed by atoms with van der Waals surface area (Å²) in [6, 6.07) is 19.6. The summed E-state index contributed by atoms with van der Waals surface area (Å²) in [5.41, 5.74) is 10.2. The van der Waals surface area contributed by atoms with E-state index in [1.54, 1.807) is 12.5 Å². The van der Waals surface area contributed by atoms with Crippen molar-refractivity contribution < 1.29 is 4.42 Å². The molecule has 3 aromatic heterocycles. The summed E-state index contributed by atoms with van der Waals surface area (Å²) < 4.78 is 5.58. The minimum atomic E-state index is 0.198. The maximum Gasteiger partial charge on any atom is 0.221 e. The van der Waals surface area contributed by atoms with Gasteiger partial charge in [0.25, 0.3) is 0 Å². The number of nitrogens with zero attached hydrogens (tertiary/aromatic N) is 3. The first-order chi connectivity index (χ1) is 12.3. The van der Waals surface area contributed by atoms with Crippen LogP contribution in [0.25, 0.3) is 22.8 Å². The number of pyridine rings is 1. The largest absolute Gasteiger partial charge is 0.463 e. The van der Waals surface area contributed by atoms with Gasteiger partial charge in [0.1, 0.15) is 5.69 Å². The van der Waals surface area contributed by atoms with Crippen LogP contribution < -0.4 is 5.73 Å². The number of anilines is 1. The number of benzene rings is 1. The van der Waals surface area contributed by atoms with Crippen LogP contribution in [0.15, 0.2) is 77.5 Å². The van der Waals surface area contributed by atoms with Crippen molar-refractivity contribution in [1.29, 1.82) is 0 Å². The molecule has 0 aliphatic carbocycles. The lowest BCUT2D eigenvalue weighted by atomic mass is 9.99. The molecule has 122 valence electrons. The molecule has 25 heavy (non-hydrogen) atoms. The Kier molecular flexibility index (Phi) is 3.96. The SMILES string of the molecule is Nc1nc(-c2ccccn2)c(Cc2ccccc2)c(-c2ccco2)n1. The number of rotatable bonds is 4. The Balaban J connectivity index is 1.94. The van der Waals surface area contributed by atoms with E-state index in [1.165, 1.54) is 0 Å². The third-order valence-electron chi connectivity index (χ3n) is 3.91. The molecule has 0 bridgehead atoms. The lowest BCUT2D eigenvalue weighted by molar-refractivity contribution is 0.579. The monoisotopic (exact) mass is 328 g/mol. The second kappa shape index (κ2) is 6.57. The summed E-state index contributed by atoms with van der Waals surface area (Å²) in [5, 5.41) is 0. The number of aromatic nitrogens is 3. The molecule has 0 unspecified atom stereocenters. The van der Waals surface area contributed by atoms with Gasteiger partial charge in [0.2, 0.25) is 5.95 Å². The molecule has 4 rings (SSSR count). The van der Waals surface area contributed by atoms with Crippen molar-refractivity contribution in [2.45, 2.75) is 6.42 Å². The van der Waals surface area contributed by atoms with Crippen LogP contribution in [-0.4, -0.2) is 15.0 Å². The Morgan fingerprint density at radius 3 is 2.36 bits per heavy atom. The van der Waals surface area contributed by atoms with E-state index in [4.69, 9.17) is 10.2 Å². The third kappa shape index (κ3) is 3.12. The Labute approximate surface area is 145 Å². The van der Waals surface area contributed by atoms with Gasteiger partial charge in [-0.2, -0.15) is 0 Å². The maximum atomic E-state index is 5.97. The first-order valence-electron chi connectivity index (χ1n) is 7.97. The van der Waals surface area contributed by atoms with Gasteiger partial charge < -0.3 is 10.2 Å². The molecule has 0 aliphatic rings. The fourth-order valence-corrected chi connectivity index (χ4v) is 2.80. The molecule has 1 aromatic carbocycles. The van der Waals surface area contributed by atoms with Gasteiger partial charge >= 0.3 is 0 Å². The highest BCUT2D eigenvalue weighted by Gasteiger charge is 2.19. The van der Waals surface area contributed by atoms with Crippen LogP contribution in [-0.2, 0) is 6.42 Å². The van der Waals surface area contributed by atoms with E-state index in [9.17, 15) is 0 Å². The topological polar surface area (TPSA) is 77.8 Å². The van der Waals surface area contributed by atoms with E-state index in [2.05, 4.69) is 27.1 Å². The lowest BCUT2D eigenvalue weighted by Crippen LogP contribution is -2.06. The molecule has 4 aromatic rings. The van der Waals surface area contributed by atoms with Gasteiger partial charge in [-0.3, -0.25) is 4.98 Å². The minimum Gasteiger partial charge on any atom is -0.463 e. The number of nitrogen functional groups attached to an aromatic ring is 1. The summed E-state index contributed by atoms with van der Waals surface area (Å²) in [4.78, 5) is 13.4. The smallest absolute Gasteiger partial charge is 0.221 e. The average molecular weight is 328 g/mol. The van der Waals surface area contributed by atoms with Crippen LogP contribution in [0.1, 0.15) is 11.1 Å². The normalized spacial score (nSPS) is 10.7. The van der Waals surface area contributed by atoms with Crippen molar-refractivity contribution >= 4 is 5.95 Å². The zero-order valence-electron chi connectivity index (χ0n) is 13.5. The first-order valence-corrected chi connectivity index (χ1v) is 7.97. The second-order valence-electron chi connectivity index (χ2n) is 5.61. The lowest BCUT2D eigenvalue weighted by Gasteiger charge is -2.13. The van der Waals surface area contributed by atoms with E-state index >= 15 is 0 Å². The van der Waals surface area contributed by atoms with Crippen molar-refractivity contribution in [3.63, 3.8) is 0 Å². The van der Waals surface area contributed by atoms with E-state index in [0.717, 1.165) is 22.5 Å². The Morgan fingerprint density at radius 2 is 1.64 bits per heavy atom. The average Bonchev–Trinajstić information content (AvgIpc) is 3.19. The van der Waals surface area contributed by atoms with Gasteiger partial charge in [-0.15, -0.1) is 0 Å². The fourth-order valence-electron chi connectivity index (χ4n) is 2.80. The van der Waals surface area contributed by atoms with Gasteiger partial charge in [0.15, 0.2) is 5.76 Å². The van der Waals surface area contributed by atoms with Crippen LogP contribution in [0.5, 0.6) is 0 Å². The molecule has 0 atom stereocenters. The third-order valence-corrected chi connectivity index (χ3v) is 3.91. The van der Waals surface area contributed by atoms with Gasteiger partial charge in [0.05, 0.1) is 17.7 Å². The summed E-state index contributed by atoms with van der Waals surface area (Å²) in [6.45, 7) is 0. The van der Waals surface area contributed by atoms with Crippen LogP contribution in [0.4, 0.5) is 5.95 Å². The standard InChI is InChI=1S/C20H16N4O/c21-20-23-18(16-9-4-5-11-22-16)15(13-14-7-2-1-3-8-14)19(24-20)17-10-6-12-25-17/h1-12H,13H2,(H2,21,23,24). The van der Waals surface area contributed by atoms with E-state index in [1.807, 2.05) is 48.5 Å². The second-order valence-corrected chi connectivity index (χ2v) is 5.61. The first kappa shape index (κ1) is 15.1. The minimum absolute atomic E-state index is 0.198. The highest BCUT2D eigenvalue weighted by atomic mass is 16.3. The van der Waals surface area contributed by atoms with Crippen molar-refractivity contribution in [2.75, 3.05) is 5.73 Å². The van der Waals surface area contributed by atoms with Crippen molar-refractivity contribution in [3.8, 4) is 22.8 Å². The molecule has 3 heterocycles. The van der Waals surface area contributed by atoms with Crippen LogP contribution in [0, 0.1) is 0 Å². The molecule has 0 fully saturated rings.